The van der Waals surface area contributed by atoms with E-state index in [1.54, 1.807) is 25.7 Å². The summed E-state index contributed by atoms with van der Waals surface area (Å²) in [7, 11) is -0.767. The zero-order chi connectivity index (χ0) is 34.8. The first-order valence-electron chi connectivity index (χ1n) is 17.2. The molecule has 5 aromatic rings. The third-order valence-electron chi connectivity index (χ3n) is 9.42. The highest BCUT2D eigenvalue weighted by Gasteiger charge is 2.28. The van der Waals surface area contributed by atoms with Gasteiger partial charge in [0.15, 0.2) is 0 Å². The van der Waals surface area contributed by atoms with Crippen LogP contribution in [0.2, 0.25) is 0 Å². The standard InChI is InChI=1S/C36H44BrN10O2P.ClH/c1-5-49-33-19-32(47-14-10-25(11-15-47)46-16-12-38-13-17-46)27(24-20-41-45(2)23-24)18-30(33)43-36-40-21-28(37)35(44-36)42-31-22-39-29-9-7-6-8-26(29)34(31)50(3,4)48;/h6-9,18-23,25,38H,5,10-17H2,1-4H3,(H2,40,42,43,44);1H. The van der Waals surface area contributed by atoms with Crippen molar-refractivity contribution in [3.8, 4) is 16.9 Å². The molecule has 2 aliphatic heterocycles. The van der Waals surface area contributed by atoms with Crippen molar-refractivity contribution in [2.24, 2.45) is 7.05 Å². The highest BCUT2D eigenvalue weighted by atomic mass is 79.9. The molecule has 3 aromatic heterocycles. The van der Waals surface area contributed by atoms with Gasteiger partial charge < -0.3 is 30.2 Å². The van der Waals surface area contributed by atoms with Crippen molar-refractivity contribution in [1.82, 2.24) is 34.9 Å². The van der Waals surface area contributed by atoms with Crippen LogP contribution in [-0.4, -0.2) is 94.9 Å². The lowest BCUT2D eigenvalue weighted by Crippen LogP contribution is -2.52. The molecule has 2 saturated heterocycles. The lowest BCUT2D eigenvalue weighted by molar-refractivity contribution is 0.150. The Balaban J connectivity index is 0.00000448. The molecule has 51 heavy (non-hydrogen) atoms. The fourth-order valence-corrected chi connectivity index (χ4v) is 8.83. The maximum atomic E-state index is 13.6. The average molecular weight is 796 g/mol. The predicted octanol–water partition coefficient (Wildman–Crippen LogP) is 6.62. The minimum atomic E-state index is -2.70. The van der Waals surface area contributed by atoms with Crippen molar-refractivity contribution in [1.29, 1.82) is 0 Å². The number of halogens is 2. The van der Waals surface area contributed by atoms with Gasteiger partial charge in [-0.25, -0.2) is 4.98 Å². The first kappa shape index (κ1) is 37.0. The minimum absolute atomic E-state index is 0. The molecule has 0 saturated carbocycles. The maximum absolute atomic E-state index is 13.6. The highest BCUT2D eigenvalue weighted by molar-refractivity contribution is 9.10. The number of benzene rings is 2. The lowest BCUT2D eigenvalue weighted by Gasteiger charge is -2.41. The van der Waals surface area contributed by atoms with E-state index >= 15 is 0 Å². The fraction of sp³-hybridized carbons (Fsp3) is 0.389. The van der Waals surface area contributed by atoms with Crippen molar-refractivity contribution in [3.05, 3.63) is 65.7 Å². The number of aryl methyl sites for hydroxylation is 1. The number of piperazine rings is 1. The number of anilines is 5. The molecule has 0 amide bonds. The molecule has 0 spiro atoms. The van der Waals surface area contributed by atoms with Crippen LogP contribution in [0.25, 0.3) is 22.0 Å². The summed E-state index contributed by atoms with van der Waals surface area (Å²) in [5, 5.41) is 16.4. The molecule has 0 unspecified atom stereocenters. The van der Waals surface area contributed by atoms with Gasteiger partial charge in [0.2, 0.25) is 5.95 Å². The van der Waals surface area contributed by atoms with E-state index in [1.807, 2.05) is 55.3 Å². The van der Waals surface area contributed by atoms with E-state index in [1.165, 1.54) is 0 Å². The molecule has 2 fully saturated rings. The topological polar surface area (TPSA) is 125 Å². The van der Waals surface area contributed by atoms with Gasteiger partial charge in [0.1, 0.15) is 18.7 Å². The van der Waals surface area contributed by atoms with E-state index in [9.17, 15) is 4.57 Å². The Hall–Kier alpha value is -3.74. The Morgan fingerprint density at radius 1 is 1.00 bits per heavy atom. The average Bonchev–Trinajstić information content (AvgIpc) is 3.56. The summed E-state index contributed by atoms with van der Waals surface area (Å²) in [6, 6.07) is 12.6. The summed E-state index contributed by atoms with van der Waals surface area (Å²) in [5.41, 5.74) is 5.40. The summed E-state index contributed by atoms with van der Waals surface area (Å²) in [6.07, 6.45) is 9.62. The summed E-state index contributed by atoms with van der Waals surface area (Å²) in [6.45, 7) is 12.4. The number of piperidine rings is 1. The SMILES string of the molecule is CCOc1cc(N2CCC(N3CCNCC3)CC2)c(-c2cnn(C)c2)cc1Nc1ncc(Br)c(Nc2cnc3ccccc3c2P(C)(C)=O)n1.Cl. The molecule has 0 aliphatic carbocycles. The summed E-state index contributed by atoms with van der Waals surface area (Å²) in [5.74, 6) is 1.62. The number of para-hydroxylation sites is 1. The van der Waals surface area contributed by atoms with Crippen molar-refractivity contribution in [3.63, 3.8) is 0 Å². The Morgan fingerprint density at radius 2 is 1.76 bits per heavy atom. The van der Waals surface area contributed by atoms with E-state index in [0.29, 0.717) is 34.6 Å². The molecule has 15 heteroatoms. The van der Waals surface area contributed by atoms with Crippen LogP contribution in [0.15, 0.2) is 65.7 Å². The molecule has 3 N–H and O–H groups in total. The van der Waals surface area contributed by atoms with Crippen LogP contribution in [0.1, 0.15) is 19.8 Å². The fourth-order valence-electron chi connectivity index (χ4n) is 7.08. The Bertz CT molecular complexity index is 2040. The lowest BCUT2D eigenvalue weighted by atomic mass is 9.98. The quantitative estimate of drug-likeness (QED) is 0.132. The molecule has 7 rings (SSSR count). The van der Waals surface area contributed by atoms with E-state index in [0.717, 1.165) is 96.6 Å². The van der Waals surface area contributed by atoms with Crippen molar-refractivity contribution < 1.29 is 9.30 Å². The number of rotatable bonds is 10. The van der Waals surface area contributed by atoms with Crippen LogP contribution in [0.4, 0.5) is 28.8 Å². The number of ether oxygens (including phenoxy) is 1. The van der Waals surface area contributed by atoms with Gasteiger partial charge in [0, 0.05) is 98.3 Å². The van der Waals surface area contributed by atoms with E-state index in [4.69, 9.17) is 9.72 Å². The molecule has 0 bridgehead atoms. The summed E-state index contributed by atoms with van der Waals surface area (Å²) >= 11 is 3.61. The number of hydrogen-bond acceptors (Lipinski definition) is 11. The smallest absolute Gasteiger partial charge is 0.229 e. The zero-order valence-electron chi connectivity index (χ0n) is 29.4. The van der Waals surface area contributed by atoms with Crippen molar-refractivity contribution in [2.75, 3.05) is 74.7 Å². The largest absolute Gasteiger partial charge is 0.492 e. The van der Waals surface area contributed by atoms with Gasteiger partial charge in [-0.3, -0.25) is 14.6 Å². The molecule has 12 nitrogen and oxygen atoms in total. The molecule has 270 valence electrons. The molecular weight excluding hydrogens is 751 g/mol. The van der Waals surface area contributed by atoms with Gasteiger partial charge in [-0.2, -0.15) is 10.1 Å². The number of hydrogen-bond donors (Lipinski definition) is 3. The Labute approximate surface area is 313 Å². The van der Waals surface area contributed by atoms with Crippen molar-refractivity contribution >= 4 is 80.5 Å². The number of nitrogens with one attached hydrogen (secondary N) is 3. The van der Waals surface area contributed by atoms with Crippen LogP contribution in [0.3, 0.4) is 0 Å². The normalized spacial score (nSPS) is 15.8. The highest BCUT2D eigenvalue weighted by Crippen LogP contribution is 2.43. The summed E-state index contributed by atoms with van der Waals surface area (Å²) < 4.78 is 22.3. The van der Waals surface area contributed by atoms with Crippen LogP contribution >= 0.6 is 35.5 Å². The van der Waals surface area contributed by atoms with Crippen LogP contribution in [-0.2, 0) is 11.6 Å². The molecule has 0 atom stereocenters. The molecular formula is C36H45BrClN10O2P. The second kappa shape index (κ2) is 15.9. The van der Waals surface area contributed by atoms with Crippen molar-refractivity contribution in [2.45, 2.75) is 25.8 Å². The first-order valence-corrected chi connectivity index (χ1v) is 20.6. The number of fused-ring (bicyclic) bond motifs is 1. The summed E-state index contributed by atoms with van der Waals surface area (Å²) in [4.78, 5) is 19.2. The molecule has 0 radical (unpaired) electrons. The zero-order valence-corrected chi connectivity index (χ0v) is 32.7. The molecule has 2 aromatic carbocycles. The maximum Gasteiger partial charge on any atom is 0.229 e. The second-order valence-corrected chi connectivity index (χ2v) is 17.2. The first-order chi connectivity index (χ1) is 24.2. The van der Waals surface area contributed by atoms with Gasteiger partial charge in [-0.1, -0.05) is 18.2 Å². The monoisotopic (exact) mass is 794 g/mol. The number of aromatic nitrogens is 5. The molecule has 2 aliphatic rings. The second-order valence-electron chi connectivity index (χ2n) is 13.2. The third-order valence-corrected chi connectivity index (χ3v) is 11.6. The van der Waals surface area contributed by atoms with Gasteiger partial charge in [-0.15, -0.1) is 12.4 Å². The predicted molar refractivity (Wildman–Crippen MR) is 214 cm³/mol. The third kappa shape index (κ3) is 8.18. The number of pyridine rings is 1. The van der Waals surface area contributed by atoms with E-state index < -0.39 is 7.14 Å². The minimum Gasteiger partial charge on any atom is -0.492 e. The number of nitrogens with zero attached hydrogens (tertiary/aromatic N) is 7. The van der Waals surface area contributed by atoms with Gasteiger partial charge in [-0.05, 0) is 61.2 Å². The van der Waals surface area contributed by atoms with Crippen LogP contribution < -0.4 is 30.9 Å². The van der Waals surface area contributed by atoms with Crippen LogP contribution in [0, 0.1) is 0 Å². The van der Waals surface area contributed by atoms with Crippen LogP contribution in [0.5, 0.6) is 5.75 Å². The van der Waals surface area contributed by atoms with E-state index in [2.05, 4.69) is 68.9 Å². The Morgan fingerprint density at radius 3 is 2.47 bits per heavy atom. The van der Waals surface area contributed by atoms with Gasteiger partial charge >= 0.3 is 0 Å². The van der Waals surface area contributed by atoms with E-state index in [-0.39, 0.29) is 12.4 Å². The van der Waals surface area contributed by atoms with Gasteiger partial charge in [0.05, 0.1) is 40.4 Å². The molecule has 5 heterocycles. The Kier molecular flexibility index (Phi) is 11.5. The van der Waals surface area contributed by atoms with Gasteiger partial charge in [0.25, 0.3) is 0 Å².